The summed E-state index contributed by atoms with van der Waals surface area (Å²) in [5, 5.41) is 9.70. The predicted molar refractivity (Wildman–Crippen MR) is 143 cm³/mol. The van der Waals surface area contributed by atoms with Crippen LogP contribution < -0.4 is 19.9 Å². The number of anilines is 1. The number of amides is 1. The van der Waals surface area contributed by atoms with Crippen molar-refractivity contribution in [1.82, 2.24) is 9.47 Å². The number of benzene rings is 1. The van der Waals surface area contributed by atoms with Crippen LogP contribution in [-0.2, 0) is 18.4 Å². The third-order valence-corrected chi connectivity index (χ3v) is 8.23. The van der Waals surface area contributed by atoms with Crippen LogP contribution in [0.5, 0.6) is 11.5 Å². The van der Waals surface area contributed by atoms with Crippen molar-refractivity contribution in [3.8, 4) is 17.6 Å². The Morgan fingerprint density at radius 1 is 1.28 bits per heavy atom. The fourth-order valence-electron chi connectivity index (χ4n) is 4.97. The SMILES string of the molecule is Cc1c(/C=C2/SC(=S)N(Cc3ccc4c(c3)OCO4)C2=O)c(N2CCCC(C)C2)n(C)c(=O)c1C#N. The molecule has 0 bridgehead atoms. The van der Waals surface area contributed by atoms with Gasteiger partial charge in [-0.2, -0.15) is 5.26 Å². The maximum Gasteiger partial charge on any atom is 0.270 e. The zero-order valence-corrected chi connectivity index (χ0v) is 22.0. The zero-order chi connectivity index (χ0) is 25.6. The fraction of sp³-hybridized carbons (Fsp3) is 0.385. The molecule has 1 amide bonds. The van der Waals surface area contributed by atoms with Gasteiger partial charge in [0.05, 0.1) is 11.4 Å². The van der Waals surface area contributed by atoms with E-state index in [0.717, 1.165) is 37.3 Å². The maximum atomic E-state index is 13.5. The van der Waals surface area contributed by atoms with Gasteiger partial charge in [0.25, 0.3) is 11.5 Å². The molecular formula is C26H26N4O4S2. The highest BCUT2D eigenvalue weighted by molar-refractivity contribution is 8.26. The summed E-state index contributed by atoms with van der Waals surface area (Å²) in [7, 11) is 1.69. The van der Waals surface area contributed by atoms with Gasteiger partial charge in [0, 0.05) is 25.7 Å². The number of ether oxygens (including phenoxy) is 2. The van der Waals surface area contributed by atoms with Gasteiger partial charge in [-0.05, 0) is 55.0 Å². The van der Waals surface area contributed by atoms with Crippen LogP contribution in [0.1, 0.15) is 42.0 Å². The summed E-state index contributed by atoms with van der Waals surface area (Å²) in [6.45, 7) is 6.09. The Bertz CT molecular complexity index is 1410. The monoisotopic (exact) mass is 522 g/mol. The smallest absolute Gasteiger partial charge is 0.270 e. The topological polar surface area (TPSA) is 87.8 Å². The molecule has 2 saturated heterocycles. The molecule has 186 valence electrons. The Morgan fingerprint density at radius 2 is 2.06 bits per heavy atom. The van der Waals surface area contributed by atoms with Crippen molar-refractivity contribution in [3.05, 3.63) is 55.7 Å². The highest BCUT2D eigenvalue weighted by Gasteiger charge is 2.34. The number of nitrogens with zero attached hydrogens (tertiary/aromatic N) is 4. The van der Waals surface area contributed by atoms with E-state index in [4.69, 9.17) is 21.7 Å². The molecule has 5 rings (SSSR count). The van der Waals surface area contributed by atoms with Crippen LogP contribution in [0.4, 0.5) is 5.82 Å². The first kappa shape index (κ1) is 24.4. The van der Waals surface area contributed by atoms with Gasteiger partial charge >= 0.3 is 0 Å². The number of nitriles is 1. The lowest BCUT2D eigenvalue weighted by Gasteiger charge is -2.35. The first-order valence-electron chi connectivity index (χ1n) is 11.8. The van der Waals surface area contributed by atoms with Crippen molar-refractivity contribution in [2.45, 2.75) is 33.2 Å². The molecule has 0 saturated carbocycles. The zero-order valence-electron chi connectivity index (χ0n) is 20.4. The van der Waals surface area contributed by atoms with E-state index in [2.05, 4.69) is 17.9 Å². The Balaban J connectivity index is 1.52. The lowest BCUT2D eigenvalue weighted by atomic mass is 9.98. The van der Waals surface area contributed by atoms with E-state index in [-0.39, 0.29) is 23.8 Å². The van der Waals surface area contributed by atoms with Crippen molar-refractivity contribution in [1.29, 1.82) is 5.26 Å². The second-order valence-corrected chi connectivity index (χ2v) is 11.0. The first-order valence-corrected chi connectivity index (χ1v) is 13.0. The number of hydrogen-bond acceptors (Lipinski definition) is 8. The molecule has 1 aromatic carbocycles. The predicted octanol–water partition coefficient (Wildman–Crippen LogP) is 3.93. The molecule has 10 heteroatoms. The molecule has 0 radical (unpaired) electrons. The fourth-order valence-corrected chi connectivity index (χ4v) is 6.20. The summed E-state index contributed by atoms with van der Waals surface area (Å²) in [6, 6.07) is 7.64. The van der Waals surface area contributed by atoms with E-state index in [0.29, 0.717) is 44.3 Å². The lowest BCUT2D eigenvalue weighted by Crippen LogP contribution is -2.39. The molecule has 1 aromatic heterocycles. The quantitative estimate of drug-likeness (QED) is 0.441. The summed E-state index contributed by atoms with van der Waals surface area (Å²) in [5.74, 6) is 2.36. The summed E-state index contributed by atoms with van der Waals surface area (Å²) in [4.78, 5) is 30.7. The van der Waals surface area contributed by atoms with Crippen molar-refractivity contribution in [3.63, 3.8) is 0 Å². The normalized spacial score (nSPS) is 20.4. The van der Waals surface area contributed by atoms with Crippen LogP contribution in [0.25, 0.3) is 6.08 Å². The Hall–Kier alpha value is -3.29. The molecule has 2 aromatic rings. The van der Waals surface area contributed by atoms with Crippen molar-refractivity contribution < 1.29 is 14.3 Å². The third-order valence-electron chi connectivity index (χ3n) is 6.85. The number of aromatic nitrogens is 1. The minimum absolute atomic E-state index is 0.0911. The van der Waals surface area contributed by atoms with Gasteiger partial charge in [0.2, 0.25) is 6.79 Å². The van der Waals surface area contributed by atoms with Gasteiger partial charge < -0.3 is 14.4 Å². The van der Waals surface area contributed by atoms with Gasteiger partial charge in [0.15, 0.2) is 11.5 Å². The number of thiocarbonyl (C=S) groups is 1. The van der Waals surface area contributed by atoms with E-state index in [1.807, 2.05) is 18.2 Å². The van der Waals surface area contributed by atoms with Crippen molar-refractivity contribution in [2.24, 2.45) is 13.0 Å². The molecule has 1 unspecified atom stereocenters. The molecule has 0 aliphatic carbocycles. The molecule has 36 heavy (non-hydrogen) atoms. The molecule has 2 fully saturated rings. The van der Waals surface area contributed by atoms with Gasteiger partial charge in [-0.1, -0.05) is 37.0 Å². The minimum atomic E-state index is -0.323. The Morgan fingerprint density at radius 3 is 2.81 bits per heavy atom. The molecule has 8 nitrogen and oxygen atoms in total. The summed E-state index contributed by atoms with van der Waals surface area (Å²) < 4.78 is 12.8. The van der Waals surface area contributed by atoms with Crippen LogP contribution >= 0.6 is 24.0 Å². The van der Waals surface area contributed by atoms with E-state index >= 15 is 0 Å². The van der Waals surface area contributed by atoms with Gasteiger partial charge in [-0.25, -0.2) is 0 Å². The average Bonchev–Trinajstić information content (AvgIpc) is 3.42. The largest absolute Gasteiger partial charge is 0.454 e. The standard InChI is InChI=1S/C26H26N4O4S2/c1-15-5-4-8-29(12-15)23-18(16(2)19(11-27)24(31)28(23)3)10-22-25(32)30(26(35)36-22)13-17-6-7-20-21(9-17)34-14-33-20/h6-7,9-10,15H,4-5,8,12-14H2,1-3H3/b22-10+. The van der Waals surface area contributed by atoms with Gasteiger partial charge in [0.1, 0.15) is 21.8 Å². The second-order valence-electron chi connectivity index (χ2n) is 9.36. The number of fused-ring (bicyclic) bond motifs is 1. The number of thioether (sulfide) groups is 1. The summed E-state index contributed by atoms with van der Waals surface area (Å²) >= 11 is 6.80. The Kier molecular flexibility index (Phi) is 6.53. The summed E-state index contributed by atoms with van der Waals surface area (Å²) in [5.41, 5.74) is 1.94. The maximum absolute atomic E-state index is 13.5. The molecular weight excluding hydrogens is 496 g/mol. The molecule has 4 heterocycles. The van der Waals surface area contributed by atoms with Crippen molar-refractivity contribution >= 4 is 46.1 Å². The number of pyridine rings is 1. The highest BCUT2D eigenvalue weighted by atomic mass is 32.2. The highest BCUT2D eigenvalue weighted by Crippen LogP contribution is 2.38. The van der Waals surface area contributed by atoms with Gasteiger partial charge in [-0.15, -0.1) is 0 Å². The van der Waals surface area contributed by atoms with Crippen LogP contribution in [0.15, 0.2) is 27.9 Å². The number of carbonyl (C=O) groups is 1. The second kappa shape index (κ2) is 9.64. The number of piperidine rings is 1. The van der Waals surface area contributed by atoms with E-state index < -0.39 is 0 Å². The average molecular weight is 523 g/mol. The number of carbonyl (C=O) groups excluding carboxylic acids is 1. The van der Waals surface area contributed by atoms with E-state index in [1.165, 1.54) is 11.8 Å². The van der Waals surface area contributed by atoms with E-state index in [9.17, 15) is 14.9 Å². The molecule has 3 aliphatic heterocycles. The van der Waals surface area contributed by atoms with E-state index in [1.54, 1.807) is 29.5 Å². The van der Waals surface area contributed by atoms with Crippen LogP contribution in [0.3, 0.4) is 0 Å². The summed E-state index contributed by atoms with van der Waals surface area (Å²) in [6.07, 6.45) is 3.95. The number of hydrogen-bond donors (Lipinski definition) is 0. The number of rotatable bonds is 4. The first-order chi connectivity index (χ1) is 17.3. The third kappa shape index (κ3) is 4.27. The molecule has 3 aliphatic rings. The van der Waals surface area contributed by atoms with Gasteiger partial charge in [-0.3, -0.25) is 19.1 Å². The molecule has 0 spiro atoms. The minimum Gasteiger partial charge on any atom is -0.454 e. The molecule has 1 atom stereocenters. The van der Waals surface area contributed by atoms with Crippen LogP contribution in [-0.4, -0.2) is 39.6 Å². The van der Waals surface area contributed by atoms with Crippen LogP contribution in [0.2, 0.25) is 0 Å². The molecule has 0 N–H and O–H groups in total. The lowest BCUT2D eigenvalue weighted by molar-refractivity contribution is -0.122. The Labute approximate surface area is 219 Å². The van der Waals surface area contributed by atoms with Crippen LogP contribution in [0, 0.1) is 24.2 Å². The van der Waals surface area contributed by atoms with Crippen molar-refractivity contribution in [2.75, 3.05) is 24.8 Å².